The van der Waals surface area contributed by atoms with Gasteiger partial charge in [-0.05, 0) is 44.5 Å². The molecule has 1 unspecified atom stereocenters. The van der Waals surface area contributed by atoms with Crippen LogP contribution in [0.15, 0.2) is 0 Å². The number of aromatic nitrogens is 3. The van der Waals surface area contributed by atoms with E-state index in [0.717, 1.165) is 26.1 Å². The van der Waals surface area contributed by atoms with E-state index in [4.69, 9.17) is 11.6 Å². The van der Waals surface area contributed by atoms with Crippen LogP contribution in [0.4, 0.5) is 11.9 Å². The van der Waals surface area contributed by atoms with Gasteiger partial charge in [0.15, 0.2) is 0 Å². The molecule has 0 spiro atoms. The van der Waals surface area contributed by atoms with Gasteiger partial charge in [-0.25, -0.2) is 0 Å². The van der Waals surface area contributed by atoms with Crippen molar-refractivity contribution in [3.63, 3.8) is 0 Å². The Hall–Kier alpha value is -1.14. The first-order valence-corrected chi connectivity index (χ1v) is 7.66. The fourth-order valence-corrected chi connectivity index (χ4v) is 2.52. The number of likely N-dealkylation sites (N-methyl/N-ethyl adjacent to an activating group) is 1. The number of rotatable bonds is 6. The van der Waals surface area contributed by atoms with Crippen LogP contribution < -0.4 is 10.6 Å². The molecule has 20 heavy (non-hydrogen) atoms. The van der Waals surface area contributed by atoms with E-state index in [-0.39, 0.29) is 5.28 Å². The summed E-state index contributed by atoms with van der Waals surface area (Å²) < 4.78 is 0. The topological polar surface area (TPSA) is 66.0 Å². The summed E-state index contributed by atoms with van der Waals surface area (Å²) in [6.45, 7) is 4.91. The highest BCUT2D eigenvalue weighted by atomic mass is 35.5. The van der Waals surface area contributed by atoms with Crippen LogP contribution in [0.25, 0.3) is 0 Å². The van der Waals surface area contributed by atoms with E-state index < -0.39 is 0 Å². The molecule has 2 heterocycles. The molecular formula is C13H23ClN6. The predicted molar refractivity (Wildman–Crippen MR) is 82.4 cm³/mol. The molecule has 1 atom stereocenters. The zero-order chi connectivity index (χ0) is 14.4. The van der Waals surface area contributed by atoms with Crippen molar-refractivity contribution in [2.24, 2.45) is 0 Å². The lowest BCUT2D eigenvalue weighted by molar-refractivity contribution is 0.194. The van der Waals surface area contributed by atoms with Crippen molar-refractivity contribution in [2.75, 3.05) is 37.3 Å². The number of hydrogen-bond donors (Lipinski definition) is 2. The summed E-state index contributed by atoms with van der Waals surface area (Å²) in [5.74, 6) is 1.08. The molecule has 0 aliphatic carbocycles. The standard InChI is InChI=1S/C13H23ClN6/c1-3-7-15-12-17-11(14)18-13(19-12)16-9-10-6-4-5-8-20(10)2/h10H,3-9H2,1-2H3,(H2,15,16,17,18,19). The molecule has 1 aromatic rings. The zero-order valence-corrected chi connectivity index (χ0v) is 12.9. The van der Waals surface area contributed by atoms with Crippen LogP contribution in [0, 0.1) is 0 Å². The third kappa shape index (κ3) is 4.45. The molecule has 7 heteroatoms. The van der Waals surface area contributed by atoms with Crippen molar-refractivity contribution in [1.82, 2.24) is 19.9 Å². The Balaban J connectivity index is 1.92. The van der Waals surface area contributed by atoms with Crippen LogP contribution in [-0.4, -0.2) is 52.6 Å². The summed E-state index contributed by atoms with van der Waals surface area (Å²) in [5, 5.41) is 6.62. The van der Waals surface area contributed by atoms with Crippen LogP contribution in [-0.2, 0) is 0 Å². The first-order chi connectivity index (χ1) is 9.69. The van der Waals surface area contributed by atoms with Crippen molar-refractivity contribution >= 4 is 23.5 Å². The van der Waals surface area contributed by atoms with Crippen molar-refractivity contribution in [1.29, 1.82) is 0 Å². The summed E-state index contributed by atoms with van der Waals surface area (Å²) in [6, 6.07) is 0.534. The first-order valence-electron chi connectivity index (χ1n) is 7.28. The van der Waals surface area contributed by atoms with Crippen LogP contribution >= 0.6 is 11.6 Å². The van der Waals surface area contributed by atoms with Gasteiger partial charge in [0.05, 0.1) is 0 Å². The summed E-state index contributed by atoms with van der Waals surface area (Å²) in [4.78, 5) is 14.9. The Kier molecular flexibility index (Phi) is 5.79. The largest absolute Gasteiger partial charge is 0.354 e. The highest BCUT2D eigenvalue weighted by Gasteiger charge is 2.18. The molecule has 1 aliphatic rings. The van der Waals surface area contributed by atoms with Gasteiger partial charge in [-0.2, -0.15) is 15.0 Å². The molecule has 1 aromatic heterocycles. The number of halogens is 1. The Morgan fingerprint density at radius 2 is 1.95 bits per heavy atom. The van der Waals surface area contributed by atoms with E-state index in [1.54, 1.807) is 0 Å². The summed E-state index contributed by atoms with van der Waals surface area (Å²) in [6.07, 6.45) is 4.80. The van der Waals surface area contributed by atoms with Crippen molar-refractivity contribution in [2.45, 2.75) is 38.6 Å². The molecule has 0 saturated carbocycles. The van der Waals surface area contributed by atoms with Crippen molar-refractivity contribution < 1.29 is 0 Å². The number of nitrogens with zero attached hydrogens (tertiary/aromatic N) is 4. The lowest BCUT2D eigenvalue weighted by atomic mass is 10.0. The Morgan fingerprint density at radius 3 is 2.65 bits per heavy atom. The van der Waals surface area contributed by atoms with E-state index in [0.29, 0.717) is 17.9 Å². The molecule has 0 amide bonds. The minimum atomic E-state index is 0.220. The molecule has 6 nitrogen and oxygen atoms in total. The van der Waals surface area contributed by atoms with Crippen molar-refractivity contribution in [3.05, 3.63) is 5.28 Å². The average molecular weight is 299 g/mol. The maximum atomic E-state index is 5.93. The van der Waals surface area contributed by atoms with Crippen LogP contribution in [0.5, 0.6) is 0 Å². The van der Waals surface area contributed by atoms with Gasteiger partial charge in [-0.3, -0.25) is 0 Å². The van der Waals surface area contributed by atoms with E-state index >= 15 is 0 Å². The predicted octanol–water partition coefficient (Wildman–Crippen LogP) is 2.24. The maximum absolute atomic E-state index is 5.93. The van der Waals surface area contributed by atoms with E-state index in [1.807, 2.05) is 0 Å². The lowest BCUT2D eigenvalue weighted by Gasteiger charge is -2.32. The van der Waals surface area contributed by atoms with Gasteiger partial charge in [0, 0.05) is 19.1 Å². The number of piperidine rings is 1. The molecule has 0 bridgehead atoms. The number of likely N-dealkylation sites (tertiary alicyclic amines) is 1. The molecule has 1 fully saturated rings. The Bertz CT molecular complexity index is 427. The van der Waals surface area contributed by atoms with E-state index in [2.05, 4.69) is 44.5 Å². The van der Waals surface area contributed by atoms with Gasteiger partial charge in [0.1, 0.15) is 0 Å². The fourth-order valence-electron chi connectivity index (χ4n) is 2.36. The minimum Gasteiger partial charge on any atom is -0.354 e. The van der Waals surface area contributed by atoms with Gasteiger partial charge in [0.2, 0.25) is 17.2 Å². The molecule has 0 aromatic carbocycles. The van der Waals surface area contributed by atoms with Crippen LogP contribution in [0.1, 0.15) is 32.6 Å². The molecule has 2 rings (SSSR count). The number of nitrogens with one attached hydrogen (secondary N) is 2. The Labute approximate surface area is 125 Å². The third-order valence-corrected chi connectivity index (χ3v) is 3.73. The quantitative estimate of drug-likeness (QED) is 0.840. The first kappa shape index (κ1) is 15.3. The van der Waals surface area contributed by atoms with Crippen molar-refractivity contribution in [3.8, 4) is 0 Å². The second-order valence-corrected chi connectivity index (χ2v) is 5.53. The summed E-state index contributed by atoms with van der Waals surface area (Å²) in [7, 11) is 2.17. The molecule has 0 radical (unpaired) electrons. The van der Waals surface area contributed by atoms with Gasteiger partial charge in [-0.15, -0.1) is 0 Å². The summed E-state index contributed by atoms with van der Waals surface area (Å²) in [5.41, 5.74) is 0. The normalized spacial score (nSPS) is 19.9. The molecule has 1 saturated heterocycles. The van der Waals surface area contributed by atoms with Gasteiger partial charge >= 0.3 is 0 Å². The summed E-state index contributed by atoms with van der Waals surface area (Å²) >= 11 is 5.93. The highest BCUT2D eigenvalue weighted by Crippen LogP contribution is 2.16. The van der Waals surface area contributed by atoms with Crippen LogP contribution in [0.2, 0.25) is 5.28 Å². The number of anilines is 2. The van der Waals surface area contributed by atoms with Gasteiger partial charge in [0.25, 0.3) is 0 Å². The smallest absolute Gasteiger partial charge is 0.228 e. The second kappa shape index (κ2) is 7.59. The zero-order valence-electron chi connectivity index (χ0n) is 12.2. The monoisotopic (exact) mass is 298 g/mol. The van der Waals surface area contributed by atoms with Crippen LogP contribution in [0.3, 0.4) is 0 Å². The fraction of sp³-hybridized carbons (Fsp3) is 0.769. The minimum absolute atomic E-state index is 0.220. The van der Waals surface area contributed by atoms with E-state index in [1.165, 1.54) is 19.3 Å². The van der Waals surface area contributed by atoms with E-state index in [9.17, 15) is 0 Å². The molecule has 112 valence electrons. The van der Waals surface area contributed by atoms with Gasteiger partial charge < -0.3 is 15.5 Å². The molecule has 1 aliphatic heterocycles. The second-order valence-electron chi connectivity index (χ2n) is 5.19. The van der Waals surface area contributed by atoms with Gasteiger partial charge in [-0.1, -0.05) is 13.3 Å². The SMILES string of the molecule is CCCNc1nc(Cl)nc(NCC2CCCCN2C)n1. The Morgan fingerprint density at radius 1 is 1.20 bits per heavy atom. The lowest BCUT2D eigenvalue weighted by Crippen LogP contribution is -2.41. The third-order valence-electron chi connectivity index (χ3n) is 3.56. The number of hydrogen-bond acceptors (Lipinski definition) is 6. The molecule has 2 N–H and O–H groups in total. The maximum Gasteiger partial charge on any atom is 0.228 e. The highest BCUT2D eigenvalue weighted by molar-refractivity contribution is 6.28. The molecular weight excluding hydrogens is 276 g/mol. The average Bonchev–Trinajstić information content (AvgIpc) is 2.44.